The molecule has 0 radical (unpaired) electrons. The molecule has 1 fully saturated rings. The van der Waals surface area contributed by atoms with E-state index in [0.717, 1.165) is 0 Å². The molecule has 0 spiro atoms. The van der Waals surface area contributed by atoms with E-state index in [-0.39, 0.29) is 5.54 Å². The van der Waals surface area contributed by atoms with Gasteiger partial charge in [-0.15, -0.1) is 4.68 Å². The molecule has 0 atom stereocenters. The molecule has 3 nitrogen and oxygen atoms in total. The lowest BCUT2D eigenvalue weighted by atomic mass is 10.1. The molecule has 1 saturated heterocycles. The van der Waals surface area contributed by atoms with E-state index in [2.05, 4.69) is 53.7 Å². The van der Waals surface area contributed by atoms with E-state index >= 15 is 0 Å². The fraction of sp³-hybridized carbons (Fsp3) is 0.750. The van der Waals surface area contributed by atoms with Crippen LogP contribution in [-0.4, -0.2) is 17.8 Å². The summed E-state index contributed by atoms with van der Waals surface area (Å²) < 4.78 is 4.51. The van der Waals surface area contributed by atoms with Crippen LogP contribution in [0.5, 0.6) is 0 Å². The Balaban J connectivity index is 2.12. The molecule has 15 heavy (non-hydrogen) atoms. The Bertz CT molecular complexity index is 316. The van der Waals surface area contributed by atoms with Crippen molar-refractivity contribution in [1.82, 2.24) is 4.68 Å². The van der Waals surface area contributed by atoms with Crippen molar-refractivity contribution in [3.05, 3.63) is 18.7 Å². The Kier molecular flexibility index (Phi) is 2.72. The summed E-state index contributed by atoms with van der Waals surface area (Å²) in [7, 11) is 0. The molecule has 0 saturated carbocycles. The number of hydrogen-bond acceptors (Lipinski definition) is 1. The SMILES string of the molecule is CC(C)(C)[n+]1ccn(N2CCCCC2)c1. The predicted octanol–water partition coefficient (Wildman–Crippen LogP) is 1.65. The molecular formula is C12H22N3+. The first kappa shape index (κ1) is 10.5. The van der Waals surface area contributed by atoms with Crippen LogP contribution in [0.2, 0.25) is 0 Å². The first-order valence-electron chi connectivity index (χ1n) is 5.92. The first-order chi connectivity index (χ1) is 7.07. The fourth-order valence-corrected chi connectivity index (χ4v) is 2.02. The quantitative estimate of drug-likeness (QED) is 0.639. The molecule has 1 aliphatic heterocycles. The molecule has 2 rings (SSSR count). The second kappa shape index (κ2) is 3.87. The third kappa shape index (κ3) is 2.33. The number of hydrogen-bond donors (Lipinski definition) is 0. The number of piperidine rings is 1. The van der Waals surface area contributed by atoms with Gasteiger partial charge in [-0.3, -0.25) is 0 Å². The van der Waals surface area contributed by atoms with Gasteiger partial charge in [-0.1, -0.05) is 0 Å². The topological polar surface area (TPSA) is 12.0 Å². The maximum absolute atomic E-state index is 2.42. The molecule has 84 valence electrons. The zero-order valence-corrected chi connectivity index (χ0v) is 10.1. The van der Waals surface area contributed by atoms with Crippen molar-refractivity contribution in [3.63, 3.8) is 0 Å². The van der Waals surface area contributed by atoms with E-state index in [9.17, 15) is 0 Å². The maximum atomic E-state index is 2.42. The normalized spacial score (nSPS) is 18.2. The molecule has 0 aliphatic carbocycles. The second-order valence-corrected chi connectivity index (χ2v) is 5.39. The molecule has 1 aromatic heterocycles. The molecule has 0 N–H and O–H groups in total. The highest BCUT2D eigenvalue weighted by atomic mass is 15.6. The fourth-order valence-electron chi connectivity index (χ4n) is 2.02. The minimum atomic E-state index is 0.182. The average Bonchev–Trinajstić information content (AvgIpc) is 2.67. The van der Waals surface area contributed by atoms with Gasteiger partial charge in [0.2, 0.25) is 0 Å². The summed E-state index contributed by atoms with van der Waals surface area (Å²) in [4.78, 5) is 0. The van der Waals surface area contributed by atoms with Crippen LogP contribution in [0, 0.1) is 0 Å². The van der Waals surface area contributed by atoms with Crippen molar-refractivity contribution >= 4 is 0 Å². The lowest BCUT2D eigenvalue weighted by molar-refractivity contribution is -0.753. The van der Waals surface area contributed by atoms with Crippen molar-refractivity contribution in [3.8, 4) is 0 Å². The number of rotatable bonds is 1. The van der Waals surface area contributed by atoms with E-state index in [1.165, 1.54) is 32.4 Å². The zero-order chi connectivity index (χ0) is 10.9. The summed E-state index contributed by atoms with van der Waals surface area (Å²) in [6.45, 7) is 9.08. The van der Waals surface area contributed by atoms with Gasteiger partial charge in [0.25, 0.3) is 6.33 Å². The van der Waals surface area contributed by atoms with Gasteiger partial charge in [0.1, 0.15) is 11.7 Å². The zero-order valence-electron chi connectivity index (χ0n) is 10.1. The van der Waals surface area contributed by atoms with Crippen LogP contribution in [0.1, 0.15) is 40.0 Å². The standard InChI is InChI=1S/C12H22N3/c1-12(2,3)13-9-10-15(11-13)14-7-5-4-6-8-14/h9-11H,4-8H2,1-3H3/q+1. The Morgan fingerprint density at radius 2 is 1.73 bits per heavy atom. The van der Waals surface area contributed by atoms with Crippen LogP contribution >= 0.6 is 0 Å². The summed E-state index contributed by atoms with van der Waals surface area (Å²) in [6.07, 6.45) is 10.6. The van der Waals surface area contributed by atoms with Crippen LogP contribution in [0.3, 0.4) is 0 Å². The van der Waals surface area contributed by atoms with Crippen LogP contribution in [-0.2, 0) is 5.54 Å². The Labute approximate surface area is 92.3 Å². The highest BCUT2D eigenvalue weighted by Crippen LogP contribution is 2.08. The molecule has 0 unspecified atom stereocenters. The minimum Gasteiger partial charge on any atom is -0.244 e. The van der Waals surface area contributed by atoms with Crippen molar-refractivity contribution in [2.45, 2.75) is 45.6 Å². The van der Waals surface area contributed by atoms with Crippen molar-refractivity contribution < 1.29 is 4.57 Å². The highest BCUT2D eigenvalue weighted by Gasteiger charge is 2.21. The Morgan fingerprint density at radius 3 is 2.27 bits per heavy atom. The summed E-state index contributed by atoms with van der Waals surface area (Å²) in [5.74, 6) is 0. The van der Waals surface area contributed by atoms with Gasteiger partial charge in [-0.25, -0.2) is 9.58 Å². The number of aromatic nitrogens is 2. The molecule has 3 heteroatoms. The summed E-state index contributed by atoms with van der Waals surface area (Å²) in [5.41, 5.74) is 0.182. The summed E-state index contributed by atoms with van der Waals surface area (Å²) in [6, 6.07) is 0. The minimum absolute atomic E-state index is 0.182. The average molecular weight is 208 g/mol. The number of nitrogens with zero attached hydrogens (tertiary/aromatic N) is 3. The second-order valence-electron chi connectivity index (χ2n) is 5.39. The molecular weight excluding hydrogens is 186 g/mol. The monoisotopic (exact) mass is 208 g/mol. The van der Waals surface area contributed by atoms with Gasteiger partial charge in [0.05, 0.1) is 13.1 Å². The van der Waals surface area contributed by atoms with Crippen LogP contribution < -0.4 is 9.58 Å². The summed E-state index contributed by atoms with van der Waals surface area (Å²) in [5, 5.41) is 2.42. The molecule has 1 aliphatic rings. The maximum Gasteiger partial charge on any atom is 0.267 e. The van der Waals surface area contributed by atoms with Crippen molar-refractivity contribution in [1.29, 1.82) is 0 Å². The van der Waals surface area contributed by atoms with Crippen LogP contribution in [0.25, 0.3) is 0 Å². The molecule has 0 bridgehead atoms. The highest BCUT2D eigenvalue weighted by molar-refractivity contribution is 4.89. The largest absolute Gasteiger partial charge is 0.267 e. The van der Waals surface area contributed by atoms with E-state index in [1.54, 1.807) is 0 Å². The van der Waals surface area contributed by atoms with E-state index in [0.29, 0.717) is 0 Å². The van der Waals surface area contributed by atoms with Gasteiger partial charge in [-0.2, -0.15) is 0 Å². The van der Waals surface area contributed by atoms with Gasteiger partial charge in [0, 0.05) is 0 Å². The molecule has 1 aromatic rings. The molecule has 2 heterocycles. The van der Waals surface area contributed by atoms with Gasteiger partial charge in [-0.05, 0) is 40.0 Å². The Hall–Kier alpha value is -0.990. The predicted molar refractivity (Wildman–Crippen MR) is 61.4 cm³/mol. The third-order valence-corrected chi connectivity index (χ3v) is 3.06. The van der Waals surface area contributed by atoms with E-state index in [1.807, 2.05) is 0 Å². The van der Waals surface area contributed by atoms with Crippen LogP contribution in [0.15, 0.2) is 18.7 Å². The van der Waals surface area contributed by atoms with Gasteiger partial charge < -0.3 is 0 Å². The van der Waals surface area contributed by atoms with Crippen molar-refractivity contribution in [2.24, 2.45) is 0 Å². The molecule has 0 amide bonds. The first-order valence-corrected chi connectivity index (χ1v) is 5.92. The van der Waals surface area contributed by atoms with Crippen LogP contribution in [0.4, 0.5) is 0 Å². The lowest BCUT2D eigenvalue weighted by Crippen LogP contribution is -2.49. The Morgan fingerprint density at radius 1 is 1.07 bits per heavy atom. The third-order valence-electron chi connectivity index (χ3n) is 3.06. The smallest absolute Gasteiger partial charge is 0.244 e. The lowest BCUT2D eigenvalue weighted by Gasteiger charge is -2.24. The van der Waals surface area contributed by atoms with Gasteiger partial charge >= 0.3 is 0 Å². The van der Waals surface area contributed by atoms with E-state index < -0.39 is 0 Å². The van der Waals surface area contributed by atoms with Crippen molar-refractivity contribution in [2.75, 3.05) is 18.1 Å². The summed E-state index contributed by atoms with van der Waals surface area (Å²) >= 11 is 0. The molecule has 0 aromatic carbocycles. The number of imidazole rings is 1. The van der Waals surface area contributed by atoms with Gasteiger partial charge in [0.15, 0.2) is 6.20 Å². The van der Waals surface area contributed by atoms with E-state index in [4.69, 9.17) is 0 Å².